The zero-order valence-electron chi connectivity index (χ0n) is 19.5. The maximum absolute atomic E-state index is 13.2. The van der Waals surface area contributed by atoms with Crippen molar-refractivity contribution in [2.75, 3.05) is 0 Å². The number of hydrogen-bond donors (Lipinski definition) is 1. The number of aromatic nitrogens is 4. The highest BCUT2D eigenvalue weighted by Crippen LogP contribution is 2.25. The lowest BCUT2D eigenvalue weighted by atomic mass is 10.1. The van der Waals surface area contributed by atoms with E-state index in [4.69, 9.17) is 0 Å². The monoisotopic (exact) mass is 463 g/mol. The Bertz CT molecular complexity index is 1370. The molecule has 0 aliphatic heterocycles. The minimum Gasteiger partial charge on any atom is -0.350 e. The predicted octanol–water partition coefficient (Wildman–Crippen LogP) is 4.58. The lowest BCUT2D eigenvalue weighted by Crippen LogP contribution is -2.32. The minimum atomic E-state index is -0.154. The molecule has 0 aliphatic carbocycles. The highest BCUT2D eigenvalue weighted by molar-refractivity contribution is 7.98. The molecule has 1 unspecified atom stereocenters. The molecule has 0 saturated heterocycles. The van der Waals surface area contributed by atoms with Crippen LogP contribution in [0.3, 0.4) is 0 Å². The van der Waals surface area contributed by atoms with E-state index in [1.54, 1.807) is 34.5 Å². The van der Waals surface area contributed by atoms with E-state index in [0.29, 0.717) is 33.9 Å². The van der Waals surface area contributed by atoms with Crippen LogP contribution in [-0.2, 0) is 12.3 Å². The van der Waals surface area contributed by atoms with Crippen LogP contribution in [0.2, 0.25) is 0 Å². The second kappa shape index (κ2) is 9.79. The molecule has 1 N–H and O–H groups in total. The van der Waals surface area contributed by atoms with Gasteiger partial charge in [-0.2, -0.15) is 0 Å². The van der Waals surface area contributed by atoms with Gasteiger partial charge < -0.3 is 5.32 Å². The van der Waals surface area contributed by atoms with Crippen LogP contribution in [0.15, 0.2) is 52.4 Å². The third-order valence-corrected chi connectivity index (χ3v) is 6.72. The first-order valence-electron chi connectivity index (χ1n) is 11.3. The molecule has 0 spiro atoms. The van der Waals surface area contributed by atoms with Gasteiger partial charge in [-0.3, -0.25) is 18.6 Å². The van der Waals surface area contributed by atoms with Gasteiger partial charge in [0.1, 0.15) is 0 Å². The van der Waals surface area contributed by atoms with E-state index in [-0.39, 0.29) is 17.5 Å². The Labute approximate surface area is 197 Å². The molecule has 0 fully saturated rings. The second-order valence-electron chi connectivity index (χ2n) is 8.37. The Morgan fingerprint density at radius 1 is 1.15 bits per heavy atom. The number of rotatable bonds is 8. The van der Waals surface area contributed by atoms with E-state index in [9.17, 15) is 9.59 Å². The molecule has 0 saturated carbocycles. The molecule has 0 bridgehead atoms. The molecule has 2 heterocycles. The van der Waals surface area contributed by atoms with Gasteiger partial charge in [-0.25, -0.2) is 0 Å². The third-order valence-electron chi connectivity index (χ3n) is 5.72. The number of aryl methyl sites for hydroxylation is 2. The Balaban J connectivity index is 1.84. The number of fused-ring (bicyclic) bond motifs is 3. The number of thioether (sulfide) groups is 1. The maximum Gasteiger partial charge on any atom is 0.262 e. The first-order valence-corrected chi connectivity index (χ1v) is 12.3. The Hall–Kier alpha value is -3.13. The van der Waals surface area contributed by atoms with Crippen LogP contribution >= 0.6 is 11.8 Å². The molecular weight excluding hydrogens is 434 g/mol. The smallest absolute Gasteiger partial charge is 0.262 e. The topological polar surface area (TPSA) is 81.3 Å². The third kappa shape index (κ3) is 4.66. The van der Waals surface area contributed by atoms with Crippen molar-refractivity contribution in [1.82, 2.24) is 24.5 Å². The molecule has 1 amide bonds. The molecule has 4 aromatic rings. The Morgan fingerprint density at radius 2 is 1.97 bits per heavy atom. The summed E-state index contributed by atoms with van der Waals surface area (Å²) in [7, 11) is 0. The lowest BCUT2D eigenvalue weighted by molar-refractivity contribution is 0.0939. The van der Waals surface area contributed by atoms with Crippen molar-refractivity contribution in [2.24, 2.45) is 0 Å². The zero-order chi connectivity index (χ0) is 23.5. The van der Waals surface area contributed by atoms with Gasteiger partial charge in [0.25, 0.3) is 11.5 Å². The fraction of sp³-hybridized carbons (Fsp3) is 0.360. The average molecular weight is 464 g/mol. The van der Waals surface area contributed by atoms with Crippen molar-refractivity contribution in [3.8, 4) is 0 Å². The standard InChI is InChI=1S/C25H29N5O2S/c1-5-12-29-23(32)20-11-10-19(22(31)26-17(4)6-2)14-21(20)30-24(29)27-28-25(30)33-15-18-9-7-8-16(3)13-18/h7-11,13-14,17H,5-6,12,15H2,1-4H3,(H,26,31). The van der Waals surface area contributed by atoms with Gasteiger partial charge in [-0.1, -0.05) is 55.4 Å². The first kappa shape index (κ1) is 23.0. The quantitative estimate of drug-likeness (QED) is 0.387. The van der Waals surface area contributed by atoms with Gasteiger partial charge >= 0.3 is 0 Å². The van der Waals surface area contributed by atoms with Crippen LogP contribution < -0.4 is 10.9 Å². The molecule has 1 atom stereocenters. The number of hydrogen-bond acceptors (Lipinski definition) is 5. The van der Waals surface area contributed by atoms with Gasteiger partial charge in [0.2, 0.25) is 5.78 Å². The second-order valence-corrected chi connectivity index (χ2v) is 9.31. The molecule has 7 nitrogen and oxygen atoms in total. The fourth-order valence-electron chi connectivity index (χ4n) is 3.80. The van der Waals surface area contributed by atoms with Crippen molar-refractivity contribution < 1.29 is 4.79 Å². The number of carbonyl (C=O) groups excluding carboxylic acids is 1. The average Bonchev–Trinajstić information content (AvgIpc) is 3.24. The van der Waals surface area contributed by atoms with Crippen molar-refractivity contribution >= 4 is 34.3 Å². The highest BCUT2D eigenvalue weighted by atomic mass is 32.2. The fourth-order valence-corrected chi connectivity index (χ4v) is 4.68. The summed E-state index contributed by atoms with van der Waals surface area (Å²) in [5, 5.41) is 13.0. The number of amides is 1. The zero-order valence-corrected chi connectivity index (χ0v) is 20.3. The predicted molar refractivity (Wildman–Crippen MR) is 133 cm³/mol. The van der Waals surface area contributed by atoms with Crippen molar-refractivity contribution in [2.45, 2.75) is 64.0 Å². The van der Waals surface area contributed by atoms with Crippen LogP contribution in [-0.4, -0.2) is 31.1 Å². The molecule has 0 radical (unpaired) electrons. The number of nitrogens with one attached hydrogen (secondary N) is 1. The van der Waals surface area contributed by atoms with Gasteiger partial charge in [0.15, 0.2) is 5.16 Å². The van der Waals surface area contributed by atoms with Crippen LogP contribution in [0, 0.1) is 6.92 Å². The van der Waals surface area contributed by atoms with Gasteiger partial charge in [-0.15, -0.1) is 10.2 Å². The molecule has 33 heavy (non-hydrogen) atoms. The summed E-state index contributed by atoms with van der Waals surface area (Å²) in [6.07, 6.45) is 1.64. The molecule has 8 heteroatoms. The molecule has 2 aromatic carbocycles. The number of nitrogens with zero attached hydrogens (tertiary/aromatic N) is 4. The van der Waals surface area contributed by atoms with Gasteiger partial charge in [-0.05, 0) is 50.5 Å². The van der Waals surface area contributed by atoms with E-state index < -0.39 is 0 Å². The van der Waals surface area contributed by atoms with Crippen molar-refractivity contribution in [3.05, 3.63) is 69.5 Å². The summed E-state index contributed by atoms with van der Waals surface area (Å²) in [6, 6.07) is 13.7. The Morgan fingerprint density at radius 3 is 2.70 bits per heavy atom. The summed E-state index contributed by atoms with van der Waals surface area (Å²) in [5.41, 5.74) is 3.45. The minimum absolute atomic E-state index is 0.0705. The van der Waals surface area contributed by atoms with E-state index in [1.165, 1.54) is 11.1 Å². The SMILES string of the molecule is CCCn1c(=O)c2ccc(C(=O)NC(C)CC)cc2n2c(SCc3cccc(C)c3)nnc12. The molecule has 0 aliphatic rings. The maximum atomic E-state index is 13.2. The van der Waals surface area contributed by atoms with E-state index in [1.807, 2.05) is 31.2 Å². The van der Waals surface area contributed by atoms with Gasteiger partial charge in [0, 0.05) is 23.9 Å². The lowest BCUT2D eigenvalue weighted by Gasteiger charge is -2.14. The highest BCUT2D eigenvalue weighted by Gasteiger charge is 2.19. The molecular formula is C25H29N5O2S. The number of carbonyl (C=O) groups is 1. The normalized spacial score (nSPS) is 12.4. The van der Waals surface area contributed by atoms with E-state index in [2.05, 4.69) is 40.6 Å². The summed E-state index contributed by atoms with van der Waals surface area (Å²) >= 11 is 1.57. The van der Waals surface area contributed by atoms with Crippen LogP contribution in [0.5, 0.6) is 0 Å². The first-order chi connectivity index (χ1) is 15.9. The molecule has 172 valence electrons. The van der Waals surface area contributed by atoms with Gasteiger partial charge in [0.05, 0.1) is 10.9 Å². The van der Waals surface area contributed by atoms with E-state index >= 15 is 0 Å². The molecule has 4 rings (SSSR count). The number of benzene rings is 2. The Kier molecular flexibility index (Phi) is 6.83. The van der Waals surface area contributed by atoms with Crippen LogP contribution in [0.1, 0.15) is 55.1 Å². The van der Waals surface area contributed by atoms with Crippen LogP contribution in [0.4, 0.5) is 0 Å². The largest absolute Gasteiger partial charge is 0.350 e. The van der Waals surface area contributed by atoms with Crippen molar-refractivity contribution in [1.29, 1.82) is 0 Å². The van der Waals surface area contributed by atoms with Crippen molar-refractivity contribution in [3.63, 3.8) is 0 Å². The summed E-state index contributed by atoms with van der Waals surface area (Å²) in [6.45, 7) is 8.65. The van der Waals surface area contributed by atoms with E-state index in [0.717, 1.165) is 18.6 Å². The molecule has 2 aromatic heterocycles. The summed E-state index contributed by atoms with van der Waals surface area (Å²) < 4.78 is 3.58. The van der Waals surface area contributed by atoms with Crippen LogP contribution in [0.25, 0.3) is 16.7 Å². The summed E-state index contributed by atoms with van der Waals surface area (Å²) in [5.74, 6) is 1.07. The summed E-state index contributed by atoms with van der Waals surface area (Å²) in [4.78, 5) is 26.0.